The zero-order valence-electron chi connectivity index (χ0n) is 10.7. The molecule has 102 valence electrons. The maximum absolute atomic E-state index is 11.5. The highest BCUT2D eigenvalue weighted by Gasteiger charge is 2.31. The van der Waals surface area contributed by atoms with Gasteiger partial charge in [-0.15, -0.1) is 0 Å². The van der Waals surface area contributed by atoms with E-state index in [-0.39, 0.29) is 30.6 Å². The van der Waals surface area contributed by atoms with Gasteiger partial charge in [0.05, 0.1) is 19.3 Å². The summed E-state index contributed by atoms with van der Waals surface area (Å²) >= 11 is 0. The Morgan fingerprint density at radius 1 is 1.28 bits per heavy atom. The fourth-order valence-electron chi connectivity index (χ4n) is 2.40. The third-order valence-electron chi connectivity index (χ3n) is 3.60. The molecule has 18 heavy (non-hydrogen) atoms. The summed E-state index contributed by atoms with van der Waals surface area (Å²) < 4.78 is 5.44. The number of aliphatic hydroxyl groups excluding tert-OH is 1. The van der Waals surface area contributed by atoms with Gasteiger partial charge in [-0.25, -0.2) is 0 Å². The van der Waals surface area contributed by atoms with Crippen molar-refractivity contribution in [2.45, 2.75) is 31.9 Å². The first-order valence-electron chi connectivity index (χ1n) is 6.41. The summed E-state index contributed by atoms with van der Waals surface area (Å²) in [7, 11) is 0. The first-order chi connectivity index (χ1) is 8.61. The fourth-order valence-corrected chi connectivity index (χ4v) is 2.40. The second kappa shape index (κ2) is 5.77. The number of ether oxygens (including phenoxy) is 1. The number of aliphatic hydroxyl groups is 1. The summed E-state index contributed by atoms with van der Waals surface area (Å²) in [5, 5.41) is 9.09. The van der Waals surface area contributed by atoms with E-state index in [4.69, 9.17) is 9.84 Å². The zero-order chi connectivity index (χ0) is 13.1. The number of imide groups is 1. The van der Waals surface area contributed by atoms with E-state index >= 15 is 0 Å². The molecule has 0 bridgehead atoms. The Morgan fingerprint density at radius 2 is 1.94 bits per heavy atom. The number of morpholine rings is 1. The number of carbonyl (C=O) groups excluding carboxylic acids is 2. The first-order valence-corrected chi connectivity index (χ1v) is 6.41. The van der Waals surface area contributed by atoms with Crippen molar-refractivity contribution in [1.29, 1.82) is 0 Å². The van der Waals surface area contributed by atoms with Gasteiger partial charge in [0.25, 0.3) is 0 Å². The van der Waals surface area contributed by atoms with E-state index in [0.717, 1.165) is 0 Å². The van der Waals surface area contributed by atoms with Crippen LogP contribution in [-0.4, -0.2) is 71.7 Å². The van der Waals surface area contributed by atoms with Crippen molar-refractivity contribution in [3.05, 3.63) is 0 Å². The lowest BCUT2D eigenvalue weighted by Crippen LogP contribution is -2.51. The molecule has 2 rings (SSSR count). The van der Waals surface area contributed by atoms with Crippen LogP contribution in [0.25, 0.3) is 0 Å². The highest BCUT2D eigenvalue weighted by Crippen LogP contribution is 2.14. The molecule has 0 saturated carbocycles. The van der Waals surface area contributed by atoms with Crippen molar-refractivity contribution in [3.63, 3.8) is 0 Å². The summed E-state index contributed by atoms with van der Waals surface area (Å²) in [5.41, 5.74) is 0. The van der Waals surface area contributed by atoms with Gasteiger partial charge in [-0.05, 0) is 6.92 Å². The molecule has 2 atom stereocenters. The first kappa shape index (κ1) is 13.5. The highest BCUT2D eigenvalue weighted by atomic mass is 16.5. The largest absolute Gasteiger partial charge is 0.394 e. The van der Waals surface area contributed by atoms with Crippen LogP contribution >= 0.6 is 0 Å². The number of amides is 2. The standard InChI is InChI=1S/C12H20N2O4/c1-9-8-18-10(7-15)6-13(9)4-5-14-11(16)2-3-12(14)17/h9-10,15H,2-8H2,1H3. The van der Waals surface area contributed by atoms with Crippen molar-refractivity contribution in [1.82, 2.24) is 9.80 Å². The van der Waals surface area contributed by atoms with E-state index in [1.165, 1.54) is 4.90 Å². The highest BCUT2D eigenvalue weighted by molar-refractivity contribution is 6.01. The summed E-state index contributed by atoms with van der Waals surface area (Å²) in [6, 6.07) is 0.251. The van der Waals surface area contributed by atoms with Crippen LogP contribution in [0, 0.1) is 0 Å². The Morgan fingerprint density at radius 3 is 2.56 bits per heavy atom. The lowest BCUT2D eigenvalue weighted by molar-refractivity contribution is -0.139. The maximum atomic E-state index is 11.5. The van der Waals surface area contributed by atoms with Gasteiger partial charge in [0.1, 0.15) is 0 Å². The second-order valence-electron chi connectivity index (χ2n) is 4.92. The maximum Gasteiger partial charge on any atom is 0.229 e. The average Bonchev–Trinajstić information content (AvgIpc) is 2.68. The lowest BCUT2D eigenvalue weighted by atomic mass is 10.2. The third kappa shape index (κ3) is 2.88. The molecule has 0 aromatic heterocycles. The van der Waals surface area contributed by atoms with Gasteiger partial charge in [-0.3, -0.25) is 19.4 Å². The van der Waals surface area contributed by atoms with Gasteiger partial charge >= 0.3 is 0 Å². The summed E-state index contributed by atoms with van der Waals surface area (Å²) in [6.45, 7) is 4.37. The predicted octanol–water partition coefficient (Wildman–Crippen LogP) is -0.783. The molecule has 0 aromatic carbocycles. The van der Waals surface area contributed by atoms with Crippen molar-refractivity contribution < 1.29 is 19.4 Å². The fraction of sp³-hybridized carbons (Fsp3) is 0.833. The Bertz CT molecular complexity index is 318. The van der Waals surface area contributed by atoms with E-state index < -0.39 is 0 Å². The molecule has 0 spiro atoms. The molecule has 0 radical (unpaired) electrons. The molecular weight excluding hydrogens is 236 g/mol. The van der Waals surface area contributed by atoms with E-state index in [0.29, 0.717) is 39.1 Å². The molecule has 2 amide bonds. The molecule has 6 heteroatoms. The number of likely N-dealkylation sites (tertiary alicyclic amines) is 1. The minimum atomic E-state index is -0.161. The summed E-state index contributed by atoms with van der Waals surface area (Å²) in [6.07, 6.45) is 0.527. The number of hydrogen-bond acceptors (Lipinski definition) is 5. The van der Waals surface area contributed by atoms with E-state index in [9.17, 15) is 9.59 Å². The molecule has 2 aliphatic rings. The predicted molar refractivity (Wildman–Crippen MR) is 63.8 cm³/mol. The van der Waals surface area contributed by atoms with Crippen LogP contribution in [0.5, 0.6) is 0 Å². The smallest absolute Gasteiger partial charge is 0.229 e. The Kier molecular flexibility index (Phi) is 4.31. The second-order valence-corrected chi connectivity index (χ2v) is 4.92. The van der Waals surface area contributed by atoms with Gasteiger partial charge in [-0.2, -0.15) is 0 Å². The van der Waals surface area contributed by atoms with Crippen LogP contribution in [0.2, 0.25) is 0 Å². The van der Waals surface area contributed by atoms with Gasteiger partial charge < -0.3 is 9.84 Å². The Balaban J connectivity index is 1.84. The molecule has 0 aliphatic carbocycles. The van der Waals surface area contributed by atoms with Gasteiger partial charge in [0.2, 0.25) is 11.8 Å². The van der Waals surface area contributed by atoms with Crippen LogP contribution in [0.1, 0.15) is 19.8 Å². The average molecular weight is 256 g/mol. The van der Waals surface area contributed by atoms with Crippen LogP contribution in [0.3, 0.4) is 0 Å². The minimum Gasteiger partial charge on any atom is -0.394 e. The summed E-state index contributed by atoms with van der Waals surface area (Å²) in [4.78, 5) is 26.5. The van der Waals surface area contributed by atoms with Crippen molar-refractivity contribution in [3.8, 4) is 0 Å². The van der Waals surface area contributed by atoms with Crippen molar-refractivity contribution >= 4 is 11.8 Å². The Hall–Kier alpha value is -0.980. The topological polar surface area (TPSA) is 70.1 Å². The summed E-state index contributed by atoms with van der Waals surface area (Å²) in [5.74, 6) is -0.140. The number of rotatable bonds is 4. The van der Waals surface area contributed by atoms with Crippen LogP contribution in [0.15, 0.2) is 0 Å². The van der Waals surface area contributed by atoms with Gasteiger partial charge in [0.15, 0.2) is 0 Å². The van der Waals surface area contributed by atoms with Crippen LogP contribution in [-0.2, 0) is 14.3 Å². The van der Waals surface area contributed by atoms with Crippen molar-refractivity contribution in [2.24, 2.45) is 0 Å². The number of hydrogen-bond donors (Lipinski definition) is 1. The molecule has 0 aromatic rings. The molecule has 2 heterocycles. The molecule has 2 fully saturated rings. The molecule has 1 N–H and O–H groups in total. The molecular formula is C12H20N2O4. The molecule has 2 unspecified atom stereocenters. The number of nitrogens with zero attached hydrogens (tertiary/aromatic N) is 2. The number of carbonyl (C=O) groups is 2. The third-order valence-corrected chi connectivity index (χ3v) is 3.60. The monoisotopic (exact) mass is 256 g/mol. The van der Waals surface area contributed by atoms with Crippen LogP contribution < -0.4 is 0 Å². The minimum absolute atomic E-state index is 0.00476. The van der Waals surface area contributed by atoms with Gasteiger partial charge in [-0.1, -0.05) is 0 Å². The Labute approximate surface area is 106 Å². The zero-order valence-corrected chi connectivity index (χ0v) is 10.7. The molecule has 2 saturated heterocycles. The lowest BCUT2D eigenvalue weighted by Gasteiger charge is -2.37. The van der Waals surface area contributed by atoms with E-state index in [1.54, 1.807) is 0 Å². The van der Waals surface area contributed by atoms with E-state index in [2.05, 4.69) is 4.90 Å². The SMILES string of the molecule is CC1COC(CO)CN1CCN1C(=O)CCC1=O. The normalized spacial score (nSPS) is 30.2. The van der Waals surface area contributed by atoms with Crippen LogP contribution in [0.4, 0.5) is 0 Å². The van der Waals surface area contributed by atoms with Crippen molar-refractivity contribution in [2.75, 3.05) is 32.8 Å². The van der Waals surface area contributed by atoms with E-state index in [1.807, 2.05) is 6.92 Å². The quantitative estimate of drug-likeness (QED) is 0.668. The molecule has 6 nitrogen and oxygen atoms in total. The molecule has 2 aliphatic heterocycles. The van der Waals surface area contributed by atoms with Gasteiger partial charge in [0, 0.05) is 38.5 Å².